The van der Waals surface area contributed by atoms with Crippen LogP contribution in [0.5, 0.6) is 0 Å². The van der Waals surface area contributed by atoms with Gasteiger partial charge in [0.2, 0.25) is 0 Å². The molecule has 0 aliphatic rings. The van der Waals surface area contributed by atoms with Crippen molar-refractivity contribution in [3.8, 4) is 6.07 Å². The highest BCUT2D eigenvalue weighted by Crippen LogP contribution is 2.23. The van der Waals surface area contributed by atoms with Crippen LogP contribution in [0.4, 0.5) is 11.5 Å². The summed E-state index contributed by atoms with van der Waals surface area (Å²) in [4.78, 5) is 6.41. The molecule has 0 aliphatic heterocycles. The highest BCUT2D eigenvalue weighted by Gasteiger charge is 2.12. The number of nitrogen functional groups attached to an aromatic ring is 1. The Hall–Kier alpha value is -1.76. The molecule has 1 aromatic heterocycles. The molecule has 0 aromatic carbocycles. The predicted molar refractivity (Wildman–Crippen MR) is 66.2 cm³/mol. The molecule has 0 fully saturated rings. The van der Waals surface area contributed by atoms with Gasteiger partial charge >= 0.3 is 0 Å². The summed E-state index contributed by atoms with van der Waals surface area (Å²) >= 11 is 0. The average Bonchev–Trinajstić information content (AvgIpc) is 2.29. The molecular formula is C12H18N4. The van der Waals surface area contributed by atoms with E-state index >= 15 is 0 Å². The predicted octanol–water partition coefficient (Wildman–Crippen LogP) is 2.16. The minimum absolute atomic E-state index is 0.493. The number of pyridine rings is 1. The molecule has 0 atom stereocenters. The zero-order chi connectivity index (χ0) is 12.0. The van der Waals surface area contributed by atoms with Crippen LogP contribution in [0.2, 0.25) is 0 Å². The number of aromatic nitrogens is 1. The summed E-state index contributed by atoms with van der Waals surface area (Å²) in [5.74, 6) is 0.739. The zero-order valence-electron chi connectivity index (χ0n) is 9.90. The summed E-state index contributed by atoms with van der Waals surface area (Å²) in [7, 11) is 0. The van der Waals surface area contributed by atoms with Crippen LogP contribution in [0.3, 0.4) is 0 Å². The monoisotopic (exact) mass is 218 g/mol. The van der Waals surface area contributed by atoms with Crippen LogP contribution in [0.15, 0.2) is 12.3 Å². The lowest BCUT2D eigenvalue weighted by atomic mass is 10.2. The summed E-state index contributed by atoms with van der Waals surface area (Å²) in [5, 5.41) is 8.91. The number of nitriles is 1. The van der Waals surface area contributed by atoms with E-state index in [0.717, 1.165) is 31.7 Å². The second kappa shape index (κ2) is 5.96. The van der Waals surface area contributed by atoms with E-state index in [4.69, 9.17) is 11.0 Å². The third-order valence-electron chi connectivity index (χ3n) is 2.38. The quantitative estimate of drug-likeness (QED) is 0.822. The van der Waals surface area contributed by atoms with Crippen LogP contribution in [0.25, 0.3) is 0 Å². The maximum absolute atomic E-state index is 8.91. The van der Waals surface area contributed by atoms with Crippen LogP contribution in [0, 0.1) is 11.3 Å². The molecule has 1 heterocycles. The summed E-state index contributed by atoms with van der Waals surface area (Å²) in [6.07, 6.45) is 3.72. The van der Waals surface area contributed by atoms with Gasteiger partial charge in [0.15, 0.2) is 5.82 Å². The van der Waals surface area contributed by atoms with E-state index in [1.165, 1.54) is 0 Å². The fraction of sp³-hybridized carbons (Fsp3) is 0.500. The Balaban J connectivity index is 3.04. The van der Waals surface area contributed by atoms with E-state index in [1.54, 1.807) is 12.3 Å². The van der Waals surface area contributed by atoms with Crippen LogP contribution in [0.1, 0.15) is 32.3 Å². The van der Waals surface area contributed by atoms with E-state index in [0.29, 0.717) is 11.3 Å². The van der Waals surface area contributed by atoms with Crippen molar-refractivity contribution in [1.29, 1.82) is 5.26 Å². The molecule has 0 aliphatic carbocycles. The number of nitrogens with two attached hydrogens (primary N) is 1. The first-order valence-corrected chi connectivity index (χ1v) is 5.64. The fourth-order valence-electron chi connectivity index (χ4n) is 1.68. The summed E-state index contributed by atoms with van der Waals surface area (Å²) in [6, 6.07) is 3.73. The molecular weight excluding hydrogens is 200 g/mol. The molecule has 4 nitrogen and oxygen atoms in total. The van der Waals surface area contributed by atoms with Crippen LogP contribution in [-0.4, -0.2) is 18.1 Å². The third-order valence-corrected chi connectivity index (χ3v) is 2.38. The second-order valence-electron chi connectivity index (χ2n) is 3.69. The Morgan fingerprint density at radius 1 is 1.38 bits per heavy atom. The molecule has 86 valence electrons. The number of hydrogen-bond donors (Lipinski definition) is 1. The largest absolute Gasteiger partial charge is 0.395 e. The Morgan fingerprint density at radius 2 is 2.00 bits per heavy atom. The topological polar surface area (TPSA) is 65.9 Å². The summed E-state index contributed by atoms with van der Waals surface area (Å²) < 4.78 is 0. The maximum atomic E-state index is 8.91. The maximum Gasteiger partial charge on any atom is 0.153 e. The van der Waals surface area contributed by atoms with E-state index in [1.807, 2.05) is 0 Å². The highest BCUT2D eigenvalue weighted by atomic mass is 15.2. The van der Waals surface area contributed by atoms with E-state index in [-0.39, 0.29) is 0 Å². The van der Waals surface area contributed by atoms with Gasteiger partial charge in [0, 0.05) is 19.3 Å². The first-order chi connectivity index (χ1) is 7.74. The molecule has 0 radical (unpaired) electrons. The second-order valence-corrected chi connectivity index (χ2v) is 3.69. The van der Waals surface area contributed by atoms with Gasteiger partial charge in [-0.25, -0.2) is 4.98 Å². The highest BCUT2D eigenvalue weighted by molar-refractivity contribution is 5.69. The minimum atomic E-state index is 0.493. The van der Waals surface area contributed by atoms with Gasteiger partial charge in [0.25, 0.3) is 0 Å². The molecule has 16 heavy (non-hydrogen) atoms. The normalized spacial score (nSPS) is 9.81. The third kappa shape index (κ3) is 2.63. The van der Waals surface area contributed by atoms with Gasteiger partial charge in [0.1, 0.15) is 6.07 Å². The zero-order valence-corrected chi connectivity index (χ0v) is 9.90. The minimum Gasteiger partial charge on any atom is -0.395 e. The first-order valence-electron chi connectivity index (χ1n) is 5.64. The van der Waals surface area contributed by atoms with Gasteiger partial charge in [-0.05, 0) is 18.9 Å². The van der Waals surface area contributed by atoms with Crippen molar-refractivity contribution >= 4 is 11.5 Å². The molecule has 2 N–H and O–H groups in total. The Kier molecular flexibility index (Phi) is 4.59. The van der Waals surface area contributed by atoms with Crippen molar-refractivity contribution in [1.82, 2.24) is 4.98 Å². The molecule has 0 amide bonds. The van der Waals surface area contributed by atoms with Crippen LogP contribution >= 0.6 is 0 Å². The van der Waals surface area contributed by atoms with Crippen molar-refractivity contribution in [2.75, 3.05) is 23.7 Å². The Bertz CT molecular complexity index is 375. The molecule has 0 unspecified atom stereocenters. The van der Waals surface area contributed by atoms with Gasteiger partial charge < -0.3 is 10.6 Å². The van der Waals surface area contributed by atoms with Gasteiger partial charge in [-0.1, -0.05) is 13.8 Å². The fourth-order valence-corrected chi connectivity index (χ4v) is 1.68. The van der Waals surface area contributed by atoms with Gasteiger partial charge in [-0.3, -0.25) is 0 Å². The smallest absolute Gasteiger partial charge is 0.153 e. The van der Waals surface area contributed by atoms with Gasteiger partial charge in [0.05, 0.1) is 11.3 Å². The summed E-state index contributed by atoms with van der Waals surface area (Å²) in [6.45, 7) is 6.07. The van der Waals surface area contributed by atoms with E-state index in [9.17, 15) is 0 Å². The molecule has 1 aromatic rings. The number of anilines is 2. The Morgan fingerprint density at radius 3 is 2.50 bits per heavy atom. The van der Waals surface area contributed by atoms with Crippen molar-refractivity contribution in [2.24, 2.45) is 0 Å². The van der Waals surface area contributed by atoms with Crippen molar-refractivity contribution in [2.45, 2.75) is 26.7 Å². The number of nitrogens with zero attached hydrogens (tertiary/aromatic N) is 3. The average molecular weight is 218 g/mol. The lowest BCUT2D eigenvalue weighted by molar-refractivity contribution is 0.735. The van der Waals surface area contributed by atoms with E-state index < -0.39 is 0 Å². The van der Waals surface area contributed by atoms with Gasteiger partial charge in [-0.15, -0.1) is 0 Å². The molecule has 0 spiro atoms. The molecule has 0 bridgehead atoms. The molecule has 1 rings (SSSR count). The first kappa shape index (κ1) is 12.3. The van der Waals surface area contributed by atoms with Crippen LogP contribution in [-0.2, 0) is 0 Å². The number of rotatable bonds is 5. The molecule has 0 saturated heterocycles. The molecule has 0 saturated carbocycles. The SMILES string of the molecule is CCCN(CCC)c1nccc(C#N)c1N. The van der Waals surface area contributed by atoms with E-state index in [2.05, 4.69) is 29.8 Å². The van der Waals surface area contributed by atoms with Gasteiger partial charge in [-0.2, -0.15) is 5.26 Å². The van der Waals surface area contributed by atoms with Crippen molar-refractivity contribution < 1.29 is 0 Å². The van der Waals surface area contributed by atoms with Crippen molar-refractivity contribution in [3.05, 3.63) is 17.8 Å². The Labute approximate surface area is 96.7 Å². The lowest BCUT2D eigenvalue weighted by Gasteiger charge is -2.24. The standard InChI is InChI=1S/C12H18N4/c1-3-7-16(8-4-2)12-11(14)10(9-13)5-6-15-12/h5-6H,3-4,7-8,14H2,1-2H3. The van der Waals surface area contributed by atoms with Crippen molar-refractivity contribution in [3.63, 3.8) is 0 Å². The molecule has 4 heteroatoms. The lowest BCUT2D eigenvalue weighted by Crippen LogP contribution is -2.27. The number of hydrogen-bond acceptors (Lipinski definition) is 4. The summed E-state index contributed by atoms with van der Waals surface area (Å²) in [5.41, 5.74) is 6.92. The van der Waals surface area contributed by atoms with Crippen LogP contribution < -0.4 is 10.6 Å².